The Kier molecular flexibility index (Phi) is 7.64. The third kappa shape index (κ3) is 5.61. The molecule has 1 aromatic heterocycles. The number of hydrogen-bond donors (Lipinski definition) is 2. The van der Waals surface area contributed by atoms with Gasteiger partial charge in [0.15, 0.2) is 0 Å². The maximum atomic E-state index is 13.5. The summed E-state index contributed by atoms with van der Waals surface area (Å²) in [6.07, 6.45) is 0.625. The van der Waals surface area contributed by atoms with Gasteiger partial charge in [0.25, 0.3) is 0 Å². The zero-order valence-electron chi connectivity index (χ0n) is 13.1. The molecule has 1 heterocycles. The molecular weight excluding hydrogens is 323 g/mol. The van der Waals surface area contributed by atoms with Crippen molar-refractivity contribution in [2.75, 3.05) is 20.1 Å². The van der Waals surface area contributed by atoms with Crippen LogP contribution in [0.1, 0.15) is 17.9 Å². The van der Waals surface area contributed by atoms with Crippen molar-refractivity contribution in [1.29, 1.82) is 0 Å². The molecule has 8 heteroatoms. The number of aromatic nitrogens is 2. The van der Waals surface area contributed by atoms with Crippen LogP contribution in [-0.4, -0.2) is 36.2 Å². The van der Waals surface area contributed by atoms with E-state index < -0.39 is 0 Å². The van der Waals surface area contributed by atoms with Crippen LogP contribution in [-0.2, 0) is 11.2 Å². The van der Waals surface area contributed by atoms with Crippen LogP contribution < -0.4 is 10.6 Å². The van der Waals surface area contributed by atoms with Gasteiger partial charge in [-0.25, -0.2) is 4.39 Å². The number of hydrogen-bond acceptors (Lipinski definition) is 5. The first-order valence-electron chi connectivity index (χ1n) is 7.10. The maximum Gasteiger partial charge on any atom is 0.227 e. The Morgan fingerprint density at radius 2 is 2.13 bits per heavy atom. The number of amides is 1. The Morgan fingerprint density at radius 3 is 2.83 bits per heavy atom. The summed E-state index contributed by atoms with van der Waals surface area (Å²) in [7, 11) is 1.82. The monoisotopic (exact) mass is 342 g/mol. The molecule has 1 aromatic carbocycles. The molecule has 2 rings (SSSR count). The van der Waals surface area contributed by atoms with Gasteiger partial charge in [-0.2, -0.15) is 4.98 Å². The summed E-state index contributed by atoms with van der Waals surface area (Å²) in [6, 6.07) is 4.77. The lowest BCUT2D eigenvalue weighted by Crippen LogP contribution is -2.30. The number of halogens is 2. The third-order valence-corrected chi connectivity index (χ3v) is 3.16. The van der Waals surface area contributed by atoms with E-state index in [2.05, 4.69) is 20.8 Å². The summed E-state index contributed by atoms with van der Waals surface area (Å²) in [5.41, 5.74) is 1.11. The minimum atomic E-state index is -0.312. The second-order valence-electron chi connectivity index (χ2n) is 4.93. The average Bonchev–Trinajstić information content (AvgIpc) is 2.97. The van der Waals surface area contributed by atoms with Crippen LogP contribution in [0.4, 0.5) is 4.39 Å². The van der Waals surface area contributed by atoms with E-state index in [1.165, 1.54) is 6.07 Å². The molecule has 0 bridgehead atoms. The van der Waals surface area contributed by atoms with Gasteiger partial charge in [-0.1, -0.05) is 17.3 Å². The van der Waals surface area contributed by atoms with Crippen LogP contribution in [0.3, 0.4) is 0 Å². The van der Waals surface area contributed by atoms with Crippen LogP contribution in [0.5, 0.6) is 0 Å². The number of carbonyl (C=O) groups excluding carboxylic acids is 1. The van der Waals surface area contributed by atoms with Gasteiger partial charge in [0.05, 0.1) is 0 Å². The first-order valence-corrected chi connectivity index (χ1v) is 7.10. The molecule has 0 fully saturated rings. The molecule has 0 saturated carbocycles. The van der Waals surface area contributed by atoms with E-state index in [-0.39, 0.29) is 30.6 Å². The highest BCUT2D eigenvalue weighted by molar-refractivity contribution is 5.85. The highest BCUT2D eigenvalue weighted by Crippen LogP contribution is 2.19. The molecule has 2 aromatic rings. The highest BCUT2D eigenvalue weighted by atomic mass is 35.5. The van der Waals surface area contributed by atoms with Crippen LogP contribution in [0.15, 0.2) is 22.7 Å². The molecule has 0 aliphatic carbocycles. The molecule has 0 radical (unpaired) electrons. The number of rotatable bonds is 7. The van der Waals surface area contributed by atoms with Crippen LogP contribution in [0, 0.1) is 12.7 Å². The fourth-order valence-electron chi connectivity index (χ4n) is 1.84. The predicted molar refractivity (Wildman–Crippen MR) is 86.9 cm³/mol. The summed E-state index contributed by atoms with van der Waals surface area (Å²) in [5.74, 6) is 0.299. The molecule has 0 saturated heterocycles. The molecule has 0 aliphatic rings. The molecular formula is C15H20ClFN4O2. The summed E-state index contributed by atoms with van der Waals surface area (Å²) in [6.45, 7) is 2.98. The summed E-state index contributed by atoms with van der Waals surface area (Å²) < 4.78 is 18.6. The van der Waals surface area contributed by atoms with Crippen molar-refractivity contribution in [2.24, 2.45) is 0 Å². The Labute approximate surface area is 140 Å². The molecule has 2 N–H and O–H groups in total. The number of benzene rings is 1. The van der Waals surface area contributed by atoms with Crippen molar-refractivity contribution in [2.45, 2.75) is 19.8 Å². The normalized spacial score (nSPS) is 10.2. The van der Waals surface area contributed by atoms with Gasteiger partial charge >= 0.3 is 0 Å². The Bertz CT molecular complexity index is 648. The molecule has 126 valence electrons. The van der Waals surface area contributed by atoms with Gasteiger partial charge in [-0.05, 0) is 25.6 Å². The summed E-state index contributed by atoms with van der Waals surface area (Å²) in [4.78, 5) is 15.8. The average molecular weight is 343 g/mol. The van der Waals surface area contributed by atoms with Crippen molar-refractivity contribution < 1.29 is 13.7 Å². The van der Waals surface area contributed by atoms with Gasteiger partial charge in [-0.15, -0.1) is 12.4 Å². The molecule has 0 atom stereocenters. The van der Waals surface area contributed by atoms with Crippen molar-refractivity contribution in [3.8, 4) is 11.4 Å². The summed E-state index contributed by atoms with van der Waals surface area (Å²) >= 11 is 0. The minimum absolute atomic E-state index is 0. The van der Waals surface area contributed by atoms with Crippen LogP contribution in [0.2, 0.25) is 0 Å². The second-order valence-corrected chi connectivity index (χ2v) is 4.93. The highest BCUT2D eigenvalue weighted by Gasteiger charge is 2.11. The predicted octanol–water partition coefficient (Wildman–Crippen LogP) is 1.87. The first-order chi connectivity index (χ1) is 10.6. The molecule has 6 nitrogen and oxygen atoms in total. The van der Waals surface area contributed by atoms with E-state index in [1.807, 2.05) is 7.05 Å². The van der Waals surface area contributed by atoms with E-state index in [1.54, 1.807) is 19.1 Å². The Balaban J connectivity index is 0.00000264. The molecule has 1 amide bonds. The fraction of sp³-hybridized carbons (Fsp3) is 0.400. The van der Waals surface area contributed by atoms with E-state index in [9.17, 15) is 9.18 Å². The first kappa shape index (κ1) is 19.1. The zero-order chi connectivity index (χ0) is 15.9. The van der Waals surface area contributed by atoms with E-state index in [0.29, 0.717) is 35.8 Å². The van der Waals surface area contributed by atoms with Crippen molar-refractivity contribution in [3.05, 3.63) is 35.5 Å². The number of carbonyl (C=O) groups is 1. The van der Waals surface area contributed by atoms with Crippen molar-refractivity contribution in [1.82, 2.24) is 20.8 Å². The zero-order valence-corrected chi connectivity index (χ0v) is 13.9. The van der Waals surface area contributed by atoms with Gasteiger partial charge < -0.3 is 15.2 Å². The fourth-order valence-corrected chi connectivity index (χ4v) is 1.84. The number of likely N-dealkylation sites (N-methyl/N-ethyl adjacent to an activating group) is 1. The van der Waals surface area contributed by atoms with E-state index in [0.717, 1.165) is 6.54 Å². The smallest absolute Gasteiger partial charge is 0.227 e. The SMILES string of the molecule is CNCCNC(=O)CCc1nc(-c2ccc(C)c(F)c2)no1.Cl. The van der Waals surface area contributed by atoms with Gasteiger partial charge in [-0.3, -0.25) is 4.79 Å². The van der Waals surface area contributed by atoms with E-state index >= 15 is 0 Å². The topological polar surface area (TPSA) is 80.0 Å². The lowest BCUT2D eigenvalue weighted by atomic mass is 10.1. The van der Waals surface area contributed by atoms with Crippen molar-refractivity contribution >= 4 is 18.3 Å². The third-order valence-electron chi connectivity index (χ3n) is 3.16. The largest absolute Gasteiger partial charge is 0.355 e. The van der Waals surface area contributed by atoms with E-state index in [4.69, 9.17) is 4.52 Å². The number of aryl methyl sites for hydroxylation is 2. The van der Waals surface area contributed by atoms with Crippen LogP contribution >= 0.6 is 12.4 Å². The number of nitrogens with one attached hydrogen (secondary N) is 2. The van der Waals surface area contributed by atoms with Gasteiger partial charge in [0.2, 0.25) is 17.6 Å². The number of nitrogens with zero attached hydrogens (tertiary/aromatic N) is 2. The summed E-state index contributed by atoms with van der Waals surface area (Å²) in [5, 5.41) is 9.52. The Morgan fingerprint density at radius 1 is 1.35 bits per heavy atom. The molecule has 0 unspecified atom stereocenters. The Hall–Kier alpha value is -1.99. The quantitative estimate of drug-likeness (QED) is 0.751. The minimum Gasteiger partial charge on any atom is -0.355 e. The molecule has 0 aliphatic heterocycles. The molecule has 23 heavy (non-hydrogen) atoms. The lowest BCUT2D eigenvalue weighted by molar-refractivity contribution is -0.121. The standard InChI is InChI=1S/C15H19FN4O2.ClH/c1-10-3-4-11(9-12(10)16)15-19-14(22-20-15)6-5-13(21)18-8-7-17-2;/h3-4,9,17H,5-8H2,1-2H3,(H,18,21);1H. The van der Waals surface area contributed by atoms with Crippen molar-refractivity contribution in [3.63, 3.8) is 0 Å². The lowest BCUT2D eigenvalue weighted by Gasteiger charge is -2.02. The van der Waals surface area contributed by atoms with Gasteiger partial charge in [0.1, 0.15) is 5.82 Å². The second kappa shape index (κ2) is 9.22. The van der Waals surface area contributed by atoms with Gasteiger partial charge in [0, 0.05) is 31.5 Å². The molecule has 0 spiro atoms. The van der Waals surface area contributed by atoms with Crippen LogP contribution in [0.25, 0.3) is 11.4 Å². The maximum absolute atomic E-state index is 13.5.